The van der Waals surface area contributed by atoms with Crippen LogP contribution >= 0.6 is 0 Å². The SMILES string of the molecule is CCCC(CCO)CNc1ccccc1S(C)(=O)=O. The molecule has 0 aliphatic heterocycles. The van der Waals surface area contributed by atoms with Crippen molar-refractivity contribution in [3.8, 4) is 0 Å². The van der Waals surface area contributed by atoms with Crippen LogP contribution in [-0.4, -0.2) is 32.9 Å². The summed E-state index contributed by atoms with van der Waals surface area (Å²) in [5, 5.41) is 12.2. The zero-order valence-electron chi connectivity index (χ0n) is 11.6. The Labute approximate surface area is 115 Å². The Bertz CT molecular complexity index is 479. The Kier molecular flexibility index (Phi) is 6.31. The van der Waals surface area contributed by atoms with Gasteiger partial charge in [0, 0.05) is 19.4 Å². The molecule has 4 nitrogen and oxygen atoms in total. The van der Waals surface area contributed by atoms with E-state index in [-0.39, 0.29) is 6.61 Å². The lowest BCUT2D eigenvalue weighted by molar-refractivity contribution is 0.255. The Balaban J connectivity index is 2.77. The van der Waals surface area contributed by atoms with Crippen molar-refractivity contribution in [3.63, 3.8) is 0 Å². The van der Waals surface area contributed by atoms with E-state index in [4.69, 9.17) is 5.11 Å². The molecule has 1 rings (SSSR count). The van der Waals surface area contributed by atoms with E-state index in [2.05, 4.69) is 12.2 Å². The largest absolute Gasteiger partial charge is 0.396 e. The van der Waals surface area contributed by atoms with Gasteiger partial charge in [-0.25, -0.2) is 8.42 Å². The van der Waals surface area contributed by atoms with Gasteiger partial charge in [0.25, 0.3) is 0 Å². The van der Waals surface area contributed by atoms with Crippen molar-refractivity contribution in [2.45, 2.75) is 31.1 Å². The molecular weight excluding hydrogens is 262 g/mol. The lowest BCUT2D eigenvalue weighted by Gasteiger charge is -2.18. The number of aliphatic hydroxyl groups is 1. The fourth-order valence-corrected chi connectivity index (χ4v) is 3.00. The van der Waals surface area contributed by atoms with Crippen molar-refractivity contribution >= 4 is 15.5 Å². The first-order chi connectivity index (χ1) is 8.99. The molecule has 108 valence electrons. The molecule has 0 bridgehead atoms. The minimum Gasteiger partial charge on any atom is -0.396 e. The second-order valence-corrected chi connectivity index (χ2v) is 6.80. The minimum atomic E-state index is -3.22. The lowest BCUT2D eigenvalue weighted by Crippen LogP contribution is -2.17. The molecule has 0 saturated carbocycles. The predicted octanol–water partition coefficient (Wildman–Crippen LogP) is 2.30. The van der Waals surface area contributed by atoms with Crippen LogP contribution < -0.4 is 5.32 Å². The van der Waals surface area contributed by atoms with Crippen LogP contribution in [-0.2, 0) is 9.84 Å². The first kappa shape index (κ1) is 16.0. The first-order valence-corrected chi connectivity index (χ1v) is 8.52. The number of para-hydroxylation sites is 1. The molecule has 19 heavy (non-hydrogen) atoms. The predicted molar refractivity (Wildman–Crippen MR) is 78.1 cm³/mol. The van der Waals surface area contributed by atoms with Gasteiger partial charge in [-0.1, -0.05) is 25.5 Å². The Morgan fingerprint density at radius 2 is 1.95 bits per heavy atom. The topological polar surface area (TPSA) is 66.4 Å². The molecule has 1 atom stereocenters. The molecule has 0 spiro atoms. The quantitative estimate of drug-likeness (QED) is 0.769. The third-order valence-electron chi connectivity index (χ3n) is 3.10. The fourth-order valence-electron chi connectivity index (χ4n) is 2.13. The van der Waals surface area contributed by atoms with Crippen LogP contribution in [0, 0.1) is 5.92 Å². The number of aliphatic hydroxyl groups excluding tert-OH is 1. The normalized spacial score (nSPS) is 13.2. The van der Waals surface area contributed by atoms with Crippen molar-refractivity contribution in [3.05, 3.63) is 24.3 Å². The molecule has 0 fully saturated rings. The zero-order valence-corrected chi connectivity index (χ0v) is 12.4. The van der Waals surface area contributed by atoms with Gasteiger partial charge in [0.15, 0.2) is 9.84 Å². The standard InChI is InChI=1S/C14H23NO3S/c1-3-6-12(9-10-16)11-15-13-7-4-5-8-14(13)19(2,17)18/h4-5,7-8,12,15-16H,3,6,9-11H2,1-2H3. The highest BCUT2D eigenvalue weighted by atomic mass is 32.2. The highest BCUT2D eigenvalue weighted by molar-refractivity contribution is 7.90. The molecule has 0 aromatic heterocycles. The van der Waals surface area contributed by atoms with Crippen LogP contribution in [0.25, 0.3) is 0 Å². The van der Waals surface area contributed by atoms with Crippen LogP contribution in [0.3, 0.4) is 0 Å². The summed E-state index contributed by atoms with van der Waals surface area (Å²) in [6.45, 7) is 2.95. The minimum absolute atomic E-state index is 0.167. The number of benzene rings is 1. The zero-order chi connectivity index (χ0) is 14.3. The number of anilines is 1. The Morgan fingerprint density at radius 3 is 2.53 bits per heavy atom. The Hall–Kier alpha value is -1.07. The molecule has 0 heterocycles. The number of rotatable bonds is 8. The van der Waals surface area contributed by atoms with Crippen molar-refractivity contribution in [2.24, 2.45) is 5.92 Å². The van der Waals surface area contributed by atoms with Gasteiger partial charge in [0.05, 0.1) is 10.6 Å². The van der Waals surface area contributed by atoms with Gasteiger partial charge < -0.3 is 10.4 Å². The summed E-state index contributed by atoms with van der Waals surface area (Å²) in [5.41, 5.74) is 0.643. The Morgan fingerprint density at radius 1 is 1.26 bits per heavy atom. The van der Waals surface area contributed by atoms with Crippen LogP contribution in [0.15, 0.2) is 29.2 Å². The second kappa shape index (κ2) is 7.50. The van der Waals surface area contributed by atoms with Gasteiger partial charge >= 0.3 is 0 Å². The molecule has 1 unspecified atom stereocenters. The molecule has 0 saturated heterocycles. The van der Waals surface area contributed by atoms with Gasteiger partial charge in [-0.2, -0.15) is 0 Å². The highest BCUT2D eigenvalue weighted by Gasteiger charge is 2.13. The van der Waals surface area contributed by atoms with Crippen LogP contribution in [0.4, 0.5) is 5.69 Å². The molecule has 1 aromatic carbocycles. The van der Waals surface area contributed by atoms with E-state index in [1.807, 2.05) is 6.07 Å². The molecule has 0 aliphatic carbocycles. The van der Waals surface area contributed by atoms with E-state index in [9.17, 15) is 8.42 Å². The van der Waals surface area contributed by atoms with E-state index < -0.39 is 9.84 Å². The monoisotopic (exact) mass is 285 g/mol. The lowest BCUT2D eigenvalue weighted by atomic mass is 10.0. The highest BCUT2D eigenvalue weighted by Crippen LogP contribution is 2.21. The maximum atomic E-state index is 11.7. The van der Waals surface area contributed by atoms with E-state index in [1.54, 1.807) is 18.2 Å². The molecular formula is C14H23NO3S. The summed E-state index contributed by atoms with van der Waals surface area (Å²) in [7, 11) is -3.22. The van der Waals surface area contributed by atoms with Gasteiger partial charge in [0.1, 0.15) is 0 Å². The summed E-state index contributed by atoms with van der Waals surface area (Å²) in [5.74, 6) is 0.364. The van der Waals surface area contributed by atoms with Crippen LogP contribution in [0.5, 0.6) is 0 Å². The maximum absolute atomic E-state index is 11.7. The van der Waals surface area contributed by atoms with Gasteiger partial charge in [0.2, 0.25) is 0 Å². The molecule has 0 aliphatic rings. The fraction of sp³-hybridized carbons (Fsp3) is 0.571. The number of nitrogens with one attached hydrogen (secondary N) is 1. The van der Waals surface area contributed by atoms with Gasteiger partial charge in [-0.15, -0.1) is 0 Å². The average Bonchev–Trinajstić information content (AvgIpc) is 2.36. The molecule has 1 aromatic rings. The molecule has 0 radical (unpaired) electrons. The second-order valence-electron chi connectivity index (χ2n) is 4.82. The first-order valence-electron chi connectivity index (χ1n) is 6.62. The van der Waals surface area contributed by atoms with Crippen molar-refractivity contribution in [2.75, 3.05) is 24.7 Å². The van der Waals surface area contributed by atoms with Crippen molar-refractivity contribution in [1.29, 1.82) is 0 Å². The van der Waals surface area contributed by atoms with Crippen molar-refractivity contribution in [1.82, 2.24) is 0 Å². The smallest absolute Gasteiger partial charge is 0.177 e. The average molecular weight is 285 g/mol. The third-order valence-corrected chi connectivity index (χ3v) is 4.26. The van der Waals surface area contributed by atoms with Gasteiger partial charge in [-0.3, -0.25) is 0 Å². The van der Waals surface area contributed by atoms with Gasteiger partial charge in [-0.05, 0) is 30.9 Å². The van der Waals surface area contributed by atoms with Crippen LogP contribution in [0.1, 0.15) is 26.2 Å². The van der Waals surface area contributed by atoms with E-state index >= 15 is 0 Å². The van der Waals surface area contributed by atoms with Crippen molar-refractivity contribution < 1.29 is 13.5 Å². The van der Waals surface area contributed by atoms with E-state index in [0.717, 1.165) is 19.3 Å². The van der Waals surface area contributed by atoms with Crippen LogP contribution in [0.2, 0.25) is 0 Å². The summed E-state index contributed by atoms with van der Waals surface area (Å²) in [6, 6.07) is 6.92. The number of hydrogen-bond acceptors (Lipinski definition) is 4. The summed E-state index contributed by atoms with van der Waals surface area (Å²) < 4.78 is 23.3. The third kappa shape index (κ3) is 5.20. The molecule has 2 N–H and O–H groups in total. The maximum Gasteiger partial charge on any atom is 0.177 e. The van der Waals surface area contributed by atoms with E-state index in [1.165, 1.54) is 6.26 Å². The molecule has 5 heteroatoms. The number of hydrogen-bond donors (Lipinski definition) is 2. The summed E-state index contributed by atoms with van der Waals surface area (Å²) in [4.78, 5) is 0.328. The molecule has 0 amide bonds. The summed E-state index contributed by atoms with van der Waals surface area (Å²) >= 11 is 0. The van der Waals surface area contributed by atoms with E-state index in [0.29, 0.717) is 23.0 Å². The number of sulfone groups is 1. The summed E-state index contributed by atoms with van der Waals surface area (Å²) in [6.07, 6.45) is 4.03.